The van der Waals surface area contributed by atoms with Crippen LogP contribution in [-0.4, -0.2) is 31.9 Å². The van der Waals surface area contributed by atoms with Crippen molar-refractivity contribution in [3.05, 3.63) is 36.3 Å². The zero-order valence-corrected chi connectivity index (χ0v) is 10.0. The lowest BCUT2D eigenvalue weighted by atomic mass is 10.1. The van der Waals surface area contributed by atoms with Crippen molar-refractivity contribution in [3.63, 3.8) is 0 Å². The lowest BCUT2D eigenvalue weighted by Gasteiger charge is -2.02. The van der Waals surface area contributed by atoms with Gasteiger partial charge in [-0.1, -0.05) is 0 Å². The van der Waals surface area contributed by atoms with Crippen LogP contribution in [-0.2, 0) is 0 Å². The highest BCUT2D eigenvalue weighted by molar-refractivity contribution is 5.60. The summed E-state index contributed by atoms with van der Waals surface area (Å²) >= 11 is 0. The van der Waals surface area contributed by atoms with Crippen LogP contribution >= 0.6 is 0 Å². The van der Waals surface area contributed by atoms with Gasteiger partial charge in [0, 0.05) is 5.56 Å². The van der Waals surface area contributed by atoms with Gasteiger partial charge in [-0.05, 0) is 31.2 Å². The summed E-state index contributed by atoms with van der Waals surface area (Å²) < 4.78 is 6.72. The van der Waals surface area contributed by atoms with Gasteiger partial charge >= 0.3 is 0 Å². The lowest BCUT2D eigenvalue weighted by Crippen LogP contribution is -1.97. The predicted octanol–water partition coefficient (Wildman–Crippen LogP) is 1.50. The normalized spacial score (nSPS) is 10.8. The van der Waals surface area contributed by atoms with E-state index in [-0.39, 0.29) is 0 Å². The van der Waals surface area contributed by atoms with E-state index in [4.69, 9.17) is 4.74 Å². The molecular weight excluding hydrogens is 230 g/mol. The first-order chi connectivity index (χ1) is 8.78. The molecular formula is C12H11N5O. The van der Waals surface area contributed by atoms with Crippen molar-refractivity contribution in [1.29, 1.82) is 0 Å². The first-order valence-electron chi connectivity index (χ1n) is 5.47. The molecule has 1 aromatic carbocycles. The van der Waals surface area contributed by atoms with Gasteiger partial charge in [-0.25, -0.2) is 4.98 Å². The molecule has 0 spiro atoms. The maximum atomic E-state index is 5.12. The zero-order valence-electron chi connectivity index (χ0n) is 10.0. The van der Waals surface area contributed by atoms with Crippen molar-refractivity contribution in [2.45, 2.75) is 6.92 Å². The molecule has 0 radical (unpaired) electrons. The van der Waals surface area contributed by atoms with Gasteiger partial charge in [0.15, 0.2) is 5.82 Å². The molecule has 3 aromatic rings. The summed E-state index contributed by atoms with van der Waals surface area (Å²) in [7, 11) is 1.64. The van der Waals surface area contributed by atoms with Crippen LogP contribution in [0, 0.1) is 6.92 Å². The van der Waals surface area contributed by atoms with Crippen LogP contribution < -0.4 is 4.74 Å². The fourth-order valence-corrected chi connectivity index (χ4v) is 1.70. The van der Waals surface area contributed by atoms with Crippen molar-refractivity contribution in [1.82, 2.24) is 24.8 Å². The highest BCUT2D eigenvalue weighted by atomic mass is 16.5. The van der Waals surface area contributed by atoms with Gasteiger partial charge in [-0.2, -0.15) is 9.61 Å². The van der Waals surface area contributed by atoms with E-state index in [0.29, 0.717) is 5.78 Å². The summed E-state index contributed by atoms with van der Waals surface area (Å²) in [4.78, 5) is 4.41. The number of aromatic nitrogens is 5. The van der Waals surface area contributed by atoms with Gasteiger partial charge in [-0.15, -0.1) is 10.2 Å². The fraction of sp³-hybridized carbons (Fsp3) is 0.167. The Morgan fingerprint density at radius 2 is 1.89 bits per heavy atom. The molecule has 0 fully saturated rings. The summed E-state index contributed by atoms with van der Waals surface area (Å²) in [5.74, 6) is 2.03. The molecule has 0 saturated carbocycles. The molecule has 0 aliphatic rings. The fourth-order valence-electron chi connectivity index (χ4n) is 1.70. The van der Waals surface area contributed by atoms with Crippen molar-refractivity contribution in [3.8, 4) is 17.0 Å². The predicted molar refractivity (Wildman–Crippen MR) is 65.3 cm³/mol. The van der Waals surface area contributed by atoms with Crippen molar-refractivity contribution < 1.29 is 4.74 Å². The smallest absolute Gasteiger partial charge is 0.272 e. The molecule has 6 nitrogen and oxygen atoms in total. The second-order valence-electron chi connectivity index (χ2n) is 3.83. The molecule has 0 bridgehead atoms. The van der Waals surface area contributed by atoms with E-state index in [2.05, 4.69) is 20.3 Å². The maximum absolute atomic E-state index is 5.12. The van der Waals surface area contributed by atoms with Gasteiger partial charge < -0.3 is 4.74 Å². The summed E-state index contributed by atoms with van der Waals surface area (Å²) in [5, 5.41) is 12.1. The molecule has 90 valence electrons. The van der Waals surface area contributed by atoms with E-state index in [0.717, 1.165) is 22.8 Å². The number of fused-ring (bicyclic) bond motifs is 1. The number of aryl methyl sites for hydroxylation is 1. The van der Waals surface area contributed by atoms with E-state index < -0.39 is 0 Å². The summed E-state index contributed by atoms with van der Waals surface area (Å²) in [6.07, 6.45) is 1.70. The van der Waals surface area contributed by atoms with E-state index >= 15 is 0 Å². The minimum Gasteiger partial charge on any atom is -0.497 e. The first-order valence-corrected chi connectivity index (χ1v) is 5.47. The summed E-state index contributed by atoms with van der Waals surface area (Å²) in [6, 6.07) is 7.64. The summed E-state index contributed by atoms with van der Waals surface area (Å²) in [5.41, 5.74) is 1.73. The third-order valence-corrected chi connectivity index (χ3v) is 2.68. The molecule has 0 saturated heterocycles. The Labute approximate surface area is 103 Å². The van der Waals surface area contributed by atoms with Crippen molar-refractivity contribution in [2.24, 2.45) is 0 Å². The highest BCUT2D eigenvalue weighted by Crippen LogP contribution is 2.20. The molecule has 6 heteroatoms. The molecule has 0 amide bonds. The molecule has 18 heavy (non-hydrogen) atoms. The van der Waals surface area contributed by atoms with Gasteiger partial charge in [0.05, 0.1) is 19.0 Å². The molecule has 3 rings (SSSR count). The van der Waals surface area contributed by atoms with Crippen LogP contribution in [0.25, 0.3) is 17.0 Å². The Kier molecular flexibility index (Phi) is 2.40. The zero-order chi connectivity index (χ0) is 12.5. The molecule has 2 aromatic heterocycles. The van der Waals surface area contributed by atoms with E-state index in [9.17, 15) is 0 Å². The number of rotatable bonds is 2. The average Bonchev–Trinajstić information content (AvgIpc) is 2.80. The second-order valence-corrected chi connectivity index (χ2v) is 3.83. The first kappa shape index (κ1) is 10.6. The Balaban J connectivity index is 2.07. The molecule has 0 aliphatic heterocycles. The molecule has 0 aliphatic carbocycles. The number of benzene rings is 1. The average molecular weight is 241 g/mol. The Morgan fingerprint density at radius 3 is 2.61 bits per heavy atom. The number of hydrogen-bond donors (Lipinski definition) is 0. The van der Waals surface area contributed by atoms with Crippen LogP contribution in [0.5, 0.6) is 5.75 Å². The van der Waals surface area contributed by atoms with Crippen LogP contribution in [0.15, 0.2) is 30.5 Å². The molecule has 2 heterocycles. The van der Waals surface area contributed by atoms with Crippen molar-refractivity contribution in [2.75, 3.05) is 7.11 Å². The summed E-state index contributed by atoms with van der Waals surface area (Å²) in [6.45, 7) is 1.84. The van der Waals surface area contributed by atoms with Gasteiger partial charge in [0.1, 0.15) is 5.75 Å². The van der Waals surface area contributed by atoms with Gasteiger partial charge in [-0.3, -0.25) is 0 Å². The Hall–Kier alpha value is -2.50. The second kappa shape index (κ2) is 4.06. The minimum atomic E-state index is 0.501. The number of ether oxygens (including phenoxy) is 1. The van der Waals surface area contributed by atoms with Gasteiger partial charge in [0.2, 0.25) is 0 Å². The standard InChI is InChI=1S/C12H11N5O/c1-8-15-16-12-14-11(7-13-17(8)12)9-3-5-10(18-2)6-4-9/h3-7H,1-2H3. The van der Waals surface area contributed by atoms with Crippen LogP contribution in [0.1, 0.15) is 5.82 Å². The number of nitrogens with zero attached hydrogens (tertiary/aromatic N) is 5. The van der Waals surface area contributed by atoms with Crippen LogP contribution in [0.3, 0.4) is 0 Å². The highest BCUT2D eigenvalue weighted by Gasteiger charge is 2.06. The van der Waals surface area contributed by atoms with Gasteiger partial charge in [0.25, 0.3) is 5.78 Å². The lowest BCUT2D eigenvalue weighted by molar-refractivity contribution is 0.415. The van der Waals surface area contributed by atoms with Crippen LogP contribution in [0.4, 0.5) is 0 Å². The monoisotopic (exact) mass is 241 g/mol. The SMILES string of the molecule is COc1ccc(-c2cnn3c(C)nnc3n2)cc1. The molecule has 0 atom stereocenters. The quantitative estimate of drug-likeness (QED) is 0.680. The Bertz CT molecular complexity index is 689. The Morgan fingerprint density at radius 1 is 1.11 bits per heavy atom. The van der Waals surface area contributed by atoms with E-state index in [1.807, 2.05) is 31.2 Å². The third kappa shape index (κ3) is 1.67. The van der Waals surface area contributed by atoms with E-state index in [1.54, 1.807) is 17.8 Å². The minimum absolute atomic E-state index is 0.501. The van der Waals surface area contributed by atoms with Crippen molar-refractivity contribution >= 4 is 5.78 Å². The largest absolute Gasteiger partial charge is 0.497 e. The number of hydrogen-bond acceptors (Lipinski definition) is 5. The molecule has 0 N–H and O–H groups in total. The topological polar surface area (TPSA) is 65.2 Å². The number of methoxy groups -OCH3 is 1. The van der Waals surface area contributed by atoms with E-state index in [1.165, 1.54) is 0 Å². The molecule has 0 unspecified atom stereocenters. The third-order valence-electron chi connectivity index (χ3n) is 2.68. The van der Waals surface area contributed by atoms with Crippen LogP contribution in [0.2, 0.25) is 0 Å². The maximum Gasteiger partial charge on any atom is 0.272 e.